The third kappa shape index (κ3) is 6.32. The summed E-state index contributed by atoms with van der Waals surface area (Å²) >= 11 is 0. The lowest BCUT2D eigenvalue weighted by Crippen LogP contribution is -2.38. The van der Waals surface area contributed by atoms with Crippen molar-refractivity contribution in [2.45, 2.75) is 24.9 Å². The molecule has 9 heteroatoms. The van der Waals surface area contributed by atoms with Crippen LogP contribution in [0.25, 0.3) is 0 Å². The van der Waals surface area contributed by atoms with Crippen molar-refractivity contribution in [2.24, 2.45) is 0 Å². The van der Waals surface area contributed by atoms with Crippen LogP contribution < -0.4 is 10.2 Å². The van der Waals surface area contributed by atoms with Crippen molar-refractivity contribution in [3.8, 4) is 0 Å². The number of hydrogen-bond acceptors (Lipinski definition) is 6. The Labute approximate surface area is 197 Å². The largest absolute Gasteiger partial charge is 0.378 e. The average molecular weight is 475 g/mol. The number of sulfonamides is 1. The van der Waals surface area contributed by atoms with E-state index in [-0.39, 0.29) is 10.8 Å². The number of ether oxygens (including phenoxy) is 1. The highest BCUT2D eigenvalue weighted by Gasteiger charge is 2.24. The number of morpholine rings is 1. The Morgan fingerprint density at radius 1 is 1.06 bits per heavy atom. The van der Waals surface area contributed by atoms with Crippen molar-refractivity contribution >= 4 is 21.6 Å². The molecule has 0 aromatic heterocycles. The second kappa shape index (κ2) is 11.1. The molecule has 180 valence electrons. The van der Waals surface area contributed by atoms with Crippen molar-refractivity contribution in [2.75, 3.05) is 58.9 Å². The van der Waals surface area contributed by atoms with Gasteiger partial charge in [-0.05, 0) is 42.9 Å². The molecule has 3 rings (SSSR count). The zero-order valence-corrected chi connectivity index (χ0v) is 20.7. The standard InChI is InChI=1S/C24H34N4O4S/c1-5-27(4)18-20-8-6-7-19(15-20)17-25-24(29)22-16-21(33(30,31)26(2)3)9-10-23(22)28-11-13-32-14-12-28/h6-10,15-16H,5,11-14,17-18H2,1-4H3,(H,25,29). The molecule has 2 aromatic carbocycles. The lowest BCUT2D eigenvalue weighted by atomic mass is 10.1. The van der Waals surface area contributed by atoms with Crippen LogP contribution in [0.3, 0.4) is 0 Å². The van der Waals surface area contributed by atoms with Gasteiger partial charge < -0.3 is 19.9 Å². The quantitative estimate of drug-likeness (QED) is 0.600. The van der Waals surface area contributed by atoms with Crippen molar-refractivity contribution < 1.29 is 17.9 Å². The molecular formula is C24H34N4O4S. The minimum absolute atomic E-state index is 0.0965. The second-order valence-corrected chi connectivity index (χ2v) is 10.6. The Hall–Kier alpha value is -2.46. The number of carbonyl (C=O) groups excluding carboxylic acids is 1. The molecule has 1 fully saturated rings. The van der Waals surface area contributed by atoms with Crippen LogP contribution in [0.4, 0.5) is 5.69 Å². The van der Waals surface area contributed by atoms with Crippen molar-refractivity contribution in [3.05, 3.63) is 59.2 Å². The molecule has 0 unspecified atom stereocenters. The van der Waals surface area contributed by atoms with Gasteiger partial charge in [0.05, 0.1) is 23.7 Å². The Morgan fingerprint density at radius 2 is 1.76 bits per heavy atom. The van der Waals surface area contributed by atoms with E-state index in [1.54, 1.807) is 12.1 Å². The number of anilines is 1. The highest BCUT2D eigenvalue weighted by Crippen LogP contribution is 2.26. The molecule has 0 radical (unpaired) electrons. The first kappa shape index (κ1) is 25.2. The maximum atomic E-state index is 13.3. The smallest absolute Gasteiger partial charge is 0.253 e. The van der Waals surface area contributed by atoms with Crippen LogP contribution in [0, 0.1) is 0 Å². The third-order valence-corrected chi connectivity index (χ3v) is 7.59. The molecule has 8 nitrogen and oxygen atoms in total. The van der Waals surface area contributed by atoms with Crippen LogP contribution in [0.5, 0.6) is 0 Å². The fourth-order valence-electron chi connectivity index (χ4n) is 3.69. The summed E-state index contributed by atoms with van der Waals surface area (Å²) in [7, 11) is 1.36. The number of nitrogens with one attached hydrogen (secondary N) is 1. The molecule has 1 amide bonds. The van der Waals surface area contributed by atoms with Crippen LogP contribution in [-0.2, 0) is 27.8 Å². The lowest BCUT2D eigenvalue weighted by molar-refractivity contribution is 0.0949. The van der Waals surface area contributed by atoms with Gasteiger partial charge in [-0.1, -0.05) is 31.2 Å². The monoisotopic (exact) mass is 474 g/mol. The first-order valence-corrected chi connectivity index (χ1v) is 12.6. The average Bonchev–Trinajstić information content (AvgIpc) is 2.82. The maximum Gasteiger partial charge on any atom is 0.253 e. The summed E-state index contributed by atoms with van der Waals surface area (Å²) in [5.74, 6) is -0.302. The van der Waals surface area contributed by atoms with Gasteiger partial charge in [0, 0.05) is 46.0 Å². The summed E-state index contributed by atoms with van der Waals surface area (Å²) in [5, 5.41) is 2.98. The van der Waals surface area contributed by atoms with E-state index in [0.717, 1.165) is 23.0 Å². The van der Waals surface area contributed by atoms with E-state index in [9.17, 15) is 13.2 Å². The zero-order valence-electron chi connectivity index (χ0n) is 19.9. The van der Waals surface area contributed by atoms with Gasteiger partial charge in [-0.2, -0.15) is 0 Å². The molecule has 0 bridgehead atoms. The maximum absolute atomic E-state index is 13.3. The van der Waals surface area contributed by atoms with Gasteiger partial charge in [0.25, 0.3) is 5.91 Å². The van der Waals surface area contributed by atoms with Gasteiger partial charge in [0.1, 0.15) is 0 Å². The number of hydrogen-bond donors (Lipinski definition) is 1. The van der Waals surface area contributed by atoms with Crippen LogP contribution in [0.15, 0.2) is 47.4 Å². The first-order valence-electron chi connectivity index (χ1n) is 11.2. The SMILES string of the molecule is CCN(C)Cc1cccc(CNC(=O)c2cc(S(=O)(=O)N(C)C)ccc2N2CCOCC2)c1. The van der Waals surface area contributed by atoms with Gasteiger partial charge in [-0.3, -0.25) is 4.79 Å². The van der Waals surface area contributed by atoms with E-state index >= 15 is 0 Å². The predicted octanol–water partition coefficient (Wildman–Crippen LogP) is 2.16. The Balaban J connectivity index is 1.85. The Morgan fingerprint density at radius 3 is 2.42 bits per heavy atom. The molecule has 0 spiro atoms. The zero-order chi connectivity index (χ0) is 24.0. The molecule has 1 saturated heterocycles. The number of nitrogens with zero attached hydrogens (tertiary/aromatic N) is 3. The molecule has 1 N–H and O–H groups in total. The molecule has 1 aliphatic heterocycles. The summed E-state index contributed by atoms with van der Waals surface area (Å²) in [6, 6.07) is 12.9. The summed E-state index contributed by atoms with van der Waals surface area (Å²) in [6.07, 6.45) is 0. The summed E-state index contributed by atoms with van der Waals surface area (Å²) in [4.78, 5) is 17.6. The fraction of sp³-hybridized carbons (Fsp3) is 0.458. The van der Waals surface area contributed by atoms with Gasteiger partial charge in [0.15, 0.2) is 0 Å². The van der Waals surface area contributed by atoms with Gasteiger partial charge >= 0.3 is 0 Å². The molecule has 0 aliphatic carbocycles. The van der Waals surface area contributed by atoms with E-state index in [1.807, 2.05) is 12.1 Å². The van der Waals surface area contributed by atoms with Crippen molar-refractivity contribution in [1.29, 1.82) is 0 Å². The topological polar surface area (TPSA) is 82.2 Å². The van der Waals surface area contributed by atoms with Gasteiger partial charge in [-0.15, -0.1) is 0 Å². The summed E-state index contributed by atoms with van der Waals surface area (Å²) < 4.78 is 31.9. The lowest BCUT2D eigenvalue weighted by Gasteiger charge is -2.30. The predicted molar refractivity (Wildman–Crippen MR) is 130 cm³/mol. The highest BCUT2D eigenvalue weighted by atomic mass is 32.2. The highest BCUT2D eigenvalue weighted by molar-refractivity contribution is 7.89. The number of benzene rings is 2. The third-order valence-electron chi connectivity index (χ3n) is 5.78. The van der Waals surface area contributed by atoms with E-state index < -0.39 is 10.0 Å². The minimum atomic E-state index is -3.66. The van der Waals surface area contributed by atoms with E-state index in [4.69, 9.17) is 4.74 Å². The van der Waals surface area contributed by atoms with Crippen molar-refractivity contribution in [3.63, 3.8) is 0 Å². The molecule has 33 heavy (non-hydrogen) atoms. The minimum Gasteiger partial charge on any atom is -0.378 e. The van der Waals surface area contributed by atoms with Gasteiger partial charge in [-0.25, -0.2) is 12.7 Å². The van der Waals surface area contributed by atoms with Crippen LogP contribution >= 0.6 is 0 Å². The second-order valence-electron chi connectivity index (χ2n) is 8.40. The van der Waals surface area contributed by atoms with Crippen LogP contribution in [0.1, 0.15) is 28.4 Å². The van der Waals surface area contributed by atoms with E-state index in [0.29, 0.717) is 44.1 Å². The Kier molecular flexibility index (Phi) is 8.47. The molecular weight excluding hydrogens is 440 g/mol. The Bertz CT molecular complexity index is 1070. The molecule has 0 atom stereocenters. The number of carbonyl (C=O) groups is 1. The molecule has 1 aliphatic rings. The summed E-state index contributed by atoms with van der Waals surface area (Å²) in [5.41, 5.74) is 3.24. The summed E-state index contributed by atoms with van der Waals surface area (Å²) in [6.45, 7) is 6.69. The molecule has 0 saturated carbocycles. The first-order chi connectivity index (χ1) is 15.7. The number of rotatable bonds is 9. The molecule has 2 aromatic rings. The fourth-order valence-corrected chi connectivity index (χ4v) is 4.62. The normalized spacial score (nSPS) is 14.7. The van der Waals surface area contributed by atoms with Crippen molar-refractivity contribution in [1.82, 2.24) is 14.5 Å². The molecule has 1 heterocycles. The number of amides is 1. The van der Waals surface area contributed by atoms with Crippen LogP contribution in [0.2, 0.25) is 0 Å². The van der Waals surface area contributed by atoms with E-state index in [1.165, 1.54) is 25.7 Å². The van der Waals surface area contributed by atoms with E-state index in [2.05, 4.69) is 41.2 Å². The van der Waals surface area contributed by atoms with Gasteiger partial charge in [0.2, 0.25) is 10.0 Å². The van der Waals surface area contributed by atoms with Crippen LogP contribution in [-0.4, -0.2) is 77.5 Å².